The number of carbonyl (C=O) groups is 1. The number of benzene rings is 2. The molecule has 1 heterocycles. The Morgan fingerprint density at radius 1 is 0.871 bits per heavy atom. The van der Waals surface area contributed by atoms with Crippen LogP contribution in [0, 0.1) is 5.92 Å². The third kappa shape index (κ3) is 4.85. The third-order valence-corrected chi connectivity index (χ3v) is 8.71. The molecule has 166 valence electrons. The van der Waals surface area contributed by atoms with Crippen LogP contribution in [0.15, 0.2) is 53.4 Å². The maximum absolute atomic E-state index is 13.1. The van der Waals surface area contributed by atoms with Gasteiger partial charge >= 0.3 is 0 Å². The molecule has 1 aliphatic carbocycles. The van der Waals surface area contributed by atoms with Crippen molar-refractivity contribution in [3.05, 3.63) is 59.7 Å². The fraction of sp³-hybridized carbons (Fsp3) is 0.480. The fourth-order valence-electron chi connectivity index (χ4n) is 4.85. The topological polar surface area (TPSA) is 63.7 Å². The van der Waals surface area contributed by atoms with Crippen molar-refractivity contribution in [3.63, 3.8) is 0 Å². The van der Waals surface area contributed by atoms with Crippen LogP contribution in [0.5, 0.6) is 5.75 Å². The van der Waals surface area contributed by atoms with Crippen LogP contribution in [0.3, 0.4) is 0 Å². The Morgan fingerprint density at radius 3 is 2.06 bits per heavy atom. The van der Waals surface area contributed by atoms with Crippen LogP contribution in [-0.4, -0.2) is 38.7 Å². The molecule has 31 heavy (non-hydrogen) atoms. The Hall–Kier alpha value is -2.18. The molecule has 2 aliphatic rings. The quantitative estimate of drug-likeness (QED) is 0.590. The summed E-state index contributed by atoms with van der Waals surface area (Å²) in [5, 5.41) is 0. The molecule has 0 unspecified atom stereocenters. The van der Waals surface area contributed by atoms with Crippen molar-refractivity contribution in [2.75, 3.05) is 20.2 Å². The smallest absolute Gasteiger partial charge is 0.243 e. The van der Waals surface area contributed by atoms with Gasteiger partial charge in [-0.1, -0.05) is 31.4 Å². The van der Waals surface area contributed by atoms with Gasteiger partial charge in [0.05, 0.1) is 12.0 Å². The maximum Gasteiger partial charge on any atom is 0.243 e. The molecule has 0 amide bonds. The summed E-state index contributed by atoms with van der Waals surface area (Å²) in [6.07, 6.45) is 7.31. The molecule has 1 saturated carbocycles. The highest BCUT2D eigenvalue weighted by molar-refractivity contribution is 7.89. The minimum atomic E-state index is -3.53. The van der Waals surface area contributed by atoms with Crippen molar-refractivity contribution in [1.82, 2.24) is 4.31 Å². The fourth-order valence-corrected chi connectivity index (χ4v) is 6.32. The predicted molar refractivity (Wildman–Crippen MR) is 121 cm³/mol. The molecule has 0 aromatic heterocycles. The lowest BCUT2D eigenvalue weighted by atomic mass is 9.84. The summed E-state index contributed by atoms with van der Waals surface area (Å²) < 4.78 is 32.9. The van der Waals surface area contributed by atoms with Crippen molar-refractivity contribution in [2.45, 2.75) is 55.8 Å². The third-order valence-electron chi connectivity index (χ3n) is 6.79. The number of Topliss-reactive ketones (excluding diaryl/α,β-unsaturated/α-hetero) is 1. The van der Waals surface area contributed by atoms with E-state index in [9.17, 15) is 13.2 Å². The first-order valence-electron chi connectivity index (χ1n) is 11.3. The number of ketones is 1. The highest BCUT2D eigenvalue weighted by atomic mass is 32.2. The first kappa shape index (κ1) is 22.0. The van der Waals surface area contributed by atoms with Crippen LogP contribution in [0.25, 0.3) is 0 Å². The van der Waals surface area contributed by atoms with E-state index in [1.165, 1.54) is 42.0 Å². The van der Waals surface area contributed by atoms with Crippen LogP contribution in [0.4, 0.5) is 0 Å². The second-order valence-corrected chi connectivity index (χ2v) is 10.6. The summed E-state index contributed by atoms with van der Waals surface area (Å²) in [6, 6.07) is 14.6. The summed E-state index contributed by atoms with van der Waals surface area (Å²) >= 11 is 0. The molecule has 0 atom stereocenters. The minimum absolute atomic E-state index is 0.0801. The van der Waals surface area contributed by atoms with Gasteiger partial charge in [-0.15, -0.1) is 0 Å². The molecule has 6 heteroatoms. The minimum Gasteiger partial charge on any atom is -0.497 e. The molecule has 2 aromatic rings. The predicted octanol–water partition coefficient (Wildman–Crippen LogP) is 5.03. The van der Waals surface area contributed by atoms with Gasteiger partial charge in [0.2, 0.25) is 10.0 Å². The average molecular weight is 442 g/mol. The van der Waals surface area contributed by atoms with Crippen LogP contribution in [0.2, 0.25) is 0 Å². The lowest BCUT2D eigenvalue weighted by Gasteiger charge is -2.30. The van der Waals surface area contributed by atoms with Crippen LogP contribution in [0.1, 0.15) is 66.8 Å². The summed E-state index contributed by atoms with van der Waals surface area (Å²) in [5.74, 6) is 1.21. The van der Waals surface area contributed by atoms with E-state index in [0.29, 0.717) is 48.1 Å². The summed E-state index contributed by atoms with van der Waals surface area (Å²) in [4.78, 5) is 13.2. The molecular weight excluding hydrogens is 410 g/mol. The second-order valence-electron chi connectivity index (χ2n) is 8.68. The highest BCUT2D eigenvalue weighted by Gasteiger charge is 2.32. The van der Waals surface area contributed by atoms with E-state index in [2.05, 4.69) is 0 Å². The zero-order chi connectivity index (χ0) is 21.8. The van der Waals surface area contributed by atoms with Gasteiger partial charge in [-0.2, -0.15) is 4.31 Å². The zero-order valence-corrected chi connectivity index (χ0v) is 18.9. The van der Waals surface area contributed by atoms with E-state index in [1.54, 1.807) is 43.5 Å². The summed E-state index contributed by atoms with van der Waals surface area (Å²) in [7, 11) is -1.93. The molecule has 5 nitrogen and oxygen atoms in total. The van der Waals surface area contributed by atoms with Gasteiger partial charge in [0.15, 0.2) is 5.78 Å². The van der Waals surface area contributed by atoms with Gasteiger partial charge in [-0.3, -0.25) is 4.79 Å². The van der Waals surface area contributed by atoms with E-state index in [1.807, 2.05) is 12.1 Å². The van der Waals surface area contributed by atoms with Crippen molar-refractivity contribution < 1.29 is 17.9 Å². The van der Waals surface area contributed by atoms with Gasteiger partial charge in [0, 0.05) is 24.6 Å². The largest absolute Gasteiger partial charge is 0.497 e. The van der Waals surface area contributed by atoms with Gasteiger partial charge < -0.3 is 4.74 Å². The Bertz CT molecular complexity index is 985. The summed E-state index contributed by atoms with van der Waals surface area (Å²) in [5.41, 5.74) is 1.91. The van der Waals surface area contributed by atoms with E-state index >= 15 is 0 Å². The molecule has 0 N–H and O–H groups in total. The van der Waals surface area contributed by atoms with E-state index in [4.69, 9.17) is 4.74 Å². The van der Waals surface area contributed by atoms with E-state index in [0.717, 1.165) is 0 Å². The monoisotopic (exact) mass is 441 g/mol. The first-order valence-corrected chi connectivity index (χ1v) is 12.7. The number of sulfonamides is 1. The van der Waals surface area contributed by atoms with Crippen molar-refractivity contribution in [1.29, 1.82) is 0 Å². The Kier molecular flexibility index (Phi) is 6.77. The molecule has 0 spiro atoms. The SMILES string of the molecule is COc1ccc(C(=O)C2CCN(S(=O)(=O)c3ccc(C4CCCCC4)cc3)CC2)cc1. The Balaban J connectivity index is 1.38. The molecule has 1 saturated heterocycles. The number of hydrogen-bond acceptors (Lipinski definition) is 4. The average Bonchev–Trinajstić information content (AvgIpc) is 2.84. The normalized spacial score (nSPS) is 19.3. The standard InChI is InChI=1S/C25H31NO4S/c1-30-23-11-7-21(8-12-23)25(27)22-15-17-26(18-16-22)31(28,29)24-13-9-20(10-14-24)19-5-3-2-4-6-19/h7-14,19,22H,2-6,15-18H2,1H3. The van der Waals surface area contributed by atoms with Gasteiger partial charge in [-0.05, 0) is 73.6 Å². The molecule has 2 aromatic carbocycles. The lowest BCUT2D eigenvalue weighted by Crippen LogP contribution is -2.40. The molecular formula is C25H31NO4S. The first-order chi connectivity index (χ1) is 15.0. The Labute approximate surface area is 185 Å². The number of nitrogens with zero attached hydrogens (tertiary/aromatic N) is 1. The summed E-state index contributed by atoms with van der Waals surface area (Å²) in [6.45, 7) is 0.749. The van der Waals surface area contributed by atoms with Crippen LogP contribution in [-0.2, 0) is 10.0 Å². The molecule has 0 radical (unpaired) electrons. The Morgan fingerprint density at radius 2 is 1.48 bits per heavy atom. The number of piperidine rings is 1. The van der Waals surface area contributed by atoms with E-state index < -0.39 is 10.0 Å². The van der Waals surface area contributed by atoms with Gasteiger partial charge in [0.25, 0.3) is 0 Å². The number of carbonyl (C=O) groups excluding carboxylic acids is 1. The van der Waals surface area contributed by atoms with Crippen LogP contribution >= 0.6 is 0 Å². The lowest BCUT2D eigenvalue weighted by molar-refractivity contribution is 0.0875. The van der Waals surface area contributed by atoms with Crippen LogP contribution < -0.4 is 4.74 Å². The van der Waals surface area contributed by atoms with Gasteiger partial charge in [-0.25, -0.2) is 8.42 Å². The van der Waals surface area contributed by atoms with E-state index in [-0.39, 0.29) is 11.7 Å². The number of methoxy groups -OCH3 is 1. The molecule has 0 bridgehead atoms. The molecule has 2 fully saturated rings. The number of ether oxygens (including phenoxy) is 1. The number of hydrogen-bond donors (Lipinski definition) is 0. The molecule has 4 rings (SSSR count). The van der Waals surface area contributed by atoms with Crippen molar-refractivity contribution in [2.24, 2.45) is 5.92 Å². The van der Waals surface area contributed by atoms with Gasteiger partial charge in [0.1, 0.15) is 5.75 Å². The maximum atomic E-state index is 13.1. The molecule has 1 aliphatic heterocycles. The highest BCUT2D eigenvalue weighted by Crippen LogP contribution is 2.33. The number of rotatable bonds is 6. The van der Waals surface area contributed by atoms with Crippen molar-refractivity contribution >= 4 is 15.8 Å². The van der Waals surface area contributed by atoms with Crippen molar-refractivity contribution in [3.8, 4) is 5.75 Å². The zero-order valence-electron chi connectivity index (χ0n) is 18.1. The second kappa shape index (κ2) is 9.53.